The Bertz CT molecular complexity index is 514. The fourth-order valence-electron chi connectivity index (χ4n) is 2.81. The second kappa shape index (κ2) is 9.28. The van der Waals surface area contributed by atoms with Crippen molar-refractivity contribution in [3.63, 3.8) is 0 Å². The van der Waals surface area contributed by atoms with Crippen LogP contribution in [0.15, 0.2) is 24.3 Å². The van der Waals surface area contributed by atoms with Crippen LogP contribution < -0.4 is 10.6 Å². The van der Waals surface area contributed by atoms with Gasteiger partial charge >= 0.3 is 6.18 Å². The lowest BCUT2D eigenvalue weighted by Gasteiger charge is -2.14. The summed E-state index contributed by atoms with van der Waals surface area (Å²) in [6.45, 7) is 4.51. The first kappa shape index (κ1) is 20.8. The third-order valence-electron chi connectivity index (χ3n) is 4.28. The van der Waals surface area contributed by atoms with E-state index in [1.807, 2.05) is 0 Å². The molecule has 136 valence electrons. The van der Waals surface area contributed by atoms with Crippen LogP contribution in [-0.4, -0.2) is 25.5 Å². The fraction of sp³-hybridized carbons (Fsp3) is 0.588. The maximum Gasteiger partial charge on any atom is 0.416 e. The van der Waals surface area contributed by atoms with E-state index in [2.05, 4.69) is 10.6 Å². The predicted molar refractivity (Wildman–Crippen MR) is 90.2 cm³/mol. The molecular weight excluding hydrogens is 341 g/mol. The van der Waals surface area contributed by atoms with Gasteiger partial charge in [-0.05, 0) is 56.0 Å². The molecule has 7 heteroatoms. The van der Waals surface area contributed by atoms with E-state index in [0.717, 1.165) is 43.6 Å². The van der Waals surface area contributed by atoms with Crippen molar-refractivity contribution in [3.8, 4) is 0 Å². The first-order valence-corrected chi connectivity index (χ1v) is 8.01. The number of rotatable bonds is 6. The summed E-state index contributed by atoms with van der Waals surface area (Å²) in [5, 5.41) is 6.21. The molecule has 0 radical (unpaired) electrons. The highest BCUT2D eigenvalue weighted by molar-refractivity contribution is 5.85. The molecule has 1 saturated heterocycles. The molecule has 1 aliphatic heterocycles. The Hall–Kier alpha value is -1.27. The molecule has 0 bridgehead atoms. The van der Waals surface area contributed by atoms with Gasteiger partial charge in [-0.25, -0.2) is 0 Å². The summed E-state index contributed by atoms with van der Waals surface area (Å²) in [5.74, 6) is 0.324. The van der Waals surface area contributed by atoms with Crippen molar-refractivity contribution in [2.75, 3.05) is 19.6 Å². The zero-order chi connectivity index (χ0) is 16.9. The molecule has 3 nitrogen and oxygen atoms in total. The summed E-state index contributed by atoms with van der Waals surface area (Å²) in [7, 11) is 0. The number of alkyl halides is 3. The Morgan fingerprint density at radius 1 is 1.33 bits per heavy atom. The van der Waals surface area contributed by atoms with Crippen LogP contribution in [0.3, 0.4) is 0 Å². The Kier molecular flexibility index (Phi) is 8.03. The van der Waals surface area contributed by atoms with Gasteiger partial charge in [0, 0.05) is 12.5 Å². The minimum atomic E-state index is -4.32. The monoisotopic (exact) mass is 364 g/mol. The molecule has 2 N–H and O–H groups in total. The molecule has 1 aromatic carbocycles. The second-order valence-corrected chi connectivity index (χ2v) is 6.24. The smallest absolute Gasteiger partial charge is 0.356 e. The number of hydrogen-bond acceptors (Lipinski definition) is 2. The van der Waals surface area contributed by atoms with Crippen molar-refractivity contribution in [1.82, 2.24) is 10.6 Å². The van der Waals surface area contributed by atoms with Gasteiger partial charge in [0.05, 0.1) is 5.56 Å². The van der Waals surface area contributed by atoms with Crippen LogP contribution in [0.5, 0.6) is 0 Å². The van der Waals surface area contributed by atoms with Crippen LogP contribution in [-0.2, 0) is 17.4 Å². The van der Waals surface area contributed by atoms with Gasteiger partial charge in [0.25, 0.3) is 0 Å². The average molecular weight is 365 g/mol. The molecule has 2 atom stereocenters. The highest BCUT2D eigenvalue weighted by atomic mass is 35.5. The molecule has 2 rings (SSSR count). The summed E-state index contributed by atoms with van der Waals surface area (Å²) in [4.78, 5) is 12.0. The summed E-state index contributed by atoms with van der Waals surface area (Å²) >= 11 is 0. The molecule has 0 saturated carbocycles. The third kappa shape index (κ3) is 6.32. The number of halogens is 4. The lowest BCUT2D eigenvalue weighted by molar-refractivity contribution is -0.137. The van der Waals surface area contributed by atoms with Gasteiger partial charge in [-0.1, -0.05) is 19.1 Å². The summed E-state index contributed by atoms with van der Waals surface area (Å²) in [6.07, 6.45) is -1.77. The van der Waals surface area contributed by atoms with E-state index in [1.54, 1.807) is 6.92 Å². The largest absolute Gasteiger partial charge is 0.416 e. The minimum absolute atomic E-state index is 0. The Morgan fingerprint density at radius 2 is 2.00 bits per heavy atom. The molecule has 24 heavy (non-hydrogen) atoms. The lowest BCUT2D eigenvalue weighted by Crippen LogP contribution is -2.32. The summed E-state index contributed by atoms with van der Waals surface area (Å²) < 4.78 is 37.5. The Morgan fingerprint density at radius 3 is 2.54 bits per heavy atom. The van der Waals surface area contributed by atoms with Gasteiger partial charge in [-0.15, -0.1) is 12.4 Å². The molecule has 1 amide bonds. The maximum atomic E-state index is 12.5. The molecule has 1 aromatic rings. The van der Waals surface area contributed by atoms with Gasteiger partial charge in [0.1, 0.15) is 0 Å². The highest BCUT2D eigenvalue weighted by Gasteiger charge is 2.30. The molecule has 2 unspecified atom stereocenters. The van der Waals surface area contributed by atoms with Crippen molar-refractivity contribution >= 4 is 18.3 Å². The van der Waals surface area contributed by atoms with Crippen molar-refractivity contribution in [1.29, 1.82) is 0 Å². The van der Waals surface area contributed by atoms with Crippen molar-refractivity contribution in [3.05, 3.63) is 35.4 Å². The fourth-order valence-corrected chi connectivity index (χ4v) is 2.81. The first-order chi connectivity index (χ1) is 10.9. The van der Waals surface area contributed by atoms with E-state index in [4.69, 9.17) is 0 Å². The van der Waals surface area contributed by atoms with E-state index in [9.17, 15) is 18.0 Å². The third-order valence-corrected chi connectivity index (χ3v) is 4.28. The number of carbonyl (C=O) groups excluding carboxylic acids is 1. The van der Waals surface area contributed by atoms with E-state index in [1.165, 1.54) is 12.1 Å². The SMILES string of the molecule is CC(Cc1ccc(C(F)(F)F)cc1)C(=O)NCCC1CCNC1.Cl. The van der Waals surface area contributed by atoms with Crippen molar-refractivity contribution in [2.24, 2.45) is 11.8 Å². The summed E-state index contributed by atoms with van der Waals surface area (Å²) in [5.41, 5.74) is 0.0733. The maximum absolute atomic E-state index is 12.5. The van der Waals surface area contributed by atoms with E-state index in [-0.39, 0.29) is 24.2 Å². The van der Waals surface area contributed by atoms with Crippen LogP contribution in [0.1, 0.15) is 30.9 Å². The molecule has 1 heterocycles. The normalized spacial score (nSPS) is 18.8. The molecular formula is C17H24ClF3N2O. The number of hydrogen-bond donors (Lipinski definition) is 2. The summed E-state index contributed by atoms with van der Waals surface area (Å²) in [6, 6.07) is 5.01. The van der Waals surface area contributed by atoms with Crippen molar-refractivity contribution in [2.45, 2.75) is 32.4 Å². The van der Waals surface area contributed by atoms with Crippen LogP contribution in [0.4, 0.5) is 13.2 Å². The Balaban J connectivity index is 0.00000288. The zero-order valence-corrected chi connectivity index (χ0v) is 14.5. The number of nitrogens with one attached hydrogen (secondary N) is 2. The van der Waals surface area contributed by atoms with Gasteiger partial charge in [0.2, 0.25) is 5.91 Å². The number of benzene rings is 1. The predicted octanol–water partition coefficient (Wildman–Crippen LogP) is 3.42. The topological polar surface area (TPSA) is 41.1 Å². The van der Waals surface area contributed by atoms with Crippen LogP contribution in [0.2, 0.25) is 0 Å². The quantitative estimate of drug-likeness (QED) is 0.812. The van der Waals surface area contributed by atoms with E-state index in [0.29, 0.717) is 18.9 Å². The molecule has 0 aliphatic carbocycles. The first-order valence-electron chi connectivity index (χ1n) is 8.01. The highest BCUT2D eigenvalue weighted by Crippen LogP contribution is 2.29. The molecule has 1 fully saturated rings. The van der Waals surface area contributed by atoms with Gasteiger partial charge in [-0.3, -0.25) is 4.79 Å². The van der Waals surface area contributed by atoms with E-state index < -0.39 is 11.7 Å². The minimum Gasteiger partial charge on any atom is -0.356 e. The lowest BCUT2D eigenvalue weighted by atomic mass is 9.99. The van der Waals surface area contributed by atoms with E-state index >= 15 is 0 Å². The Labute approximate surface area is 146 Å². The molecule has 0 aromatic heterocycles. The van der Waals surface area contributed by atoms with Gasteiger partial charge in [-0.2, -0.15) is 13.2 Å². The van der Waals surface area contributed by atoms with Crippen LogP contribution in [0, 0.1) is 11.8 Å². The van der Waals surface area contributed by atoms with Crippen LogP contribution >= 0.6 is 12.4 Å². The second-order valence-electron chi connectivity index (χ2n) is 6.24. The van der Waals surface area contributed by atoms with Crippen LogP contribution in [0.25, 0.3) is 0 Å². The van der Waals surface area contributed by atoms with Gasteiger partial charge in [0.15, 0.2) is 0 Å². The molecule has 1 aliphatic rings. The average Bonchev–Trinajstić information content (AvgIpc) is 3.00. The number of carbonyl (C=O) groups is 1. The number of amides is 1. The standard InChI is InChI=1S/C17H23F3N2O.ClH/c1-12(16(23)22-9-7-14-6-8-21-11-14)10-13-2-4-15(5-3-13)17(18,19)20;/h2-5,12,14,21H,6-11H2,1H3,(H,22,23);1H. The van der Waals surface area contributed by atoms with Crippen molar-refractivity contribution < 1.29 is 18.0 Å². The molecule has 0 spiro atoms. The zero-order valence-electron chi connectivity index (χ0n) is 13.7. The van der Waals surface area contributed by atoms with Gasteiger partial charge < -0.3 is 10.6 Å².